The number of nitrogens with zero attached hydrogens (tertiary/aromatic N) is 1. The van der Waals surface area contributed by atoms with Crippen LogP contribution in [0.1, 0.15) is 64.0 Å². The van der Waals surface area contributed by atoms with E-state index in [1.165, 1.54) is 20.1 Å². The number of hydrogen-bond acceptors (Lipinski definition) is 6. The molecule has 2 rings (SSSR count). The number of unbranched alkanes of at least 4 members (excludes halogenated alkanes) is 1. The van der Waals surface area contributed by atoms with E-state index in [2.05, 4.69) is 10.3 Å². The van der Waals surface area contributed by atoms with Crippen molar-refractivity contribution in [3.8, 4) is 5.75 Å². The zero-order valence-corrected chi connectivity index (χ0v) is 19.7. The van der Waals surface area contributed by atoms with E-state index in [9.17, 15) is 18.0 Å². The molecular weight excluding hydrogens is 437 g/mol. The average Bonchev–Trinajstić information content (AvgIpc) is 3.30. The molecule has 1 aliphatic heterocycles. The molecule has 0 spiro atoms. The topological polar surface area (TPSA) is 69.2 Å². The van der Waals surface area contributed by atoms with Gasteiger partial charge in [-0.1, -0.05) is 6.92 Å². The molecule has 1 atom stereocenters. The van der Waals surface area contributed by atoms with Gasteiger partial charge in [0.2, 0.25) is 5.90 Å². The van der Waals surface area contributed by atoms with E-state index in [4.69, 9.17) is 14.2 Å². The van der Waals surface area contributed by atoms with Crippen LogP contribution in [-0.2, 0) is 20.4 Å². The van der Waals surface area contributed by atoms with Gasteiger partial charge in [-0.2, -0.15) is 13.2 Å². The Morgan fingerprint density at radius 3 is 2.52 bits per heavy atom. The minimum Gasteiger partial charge on any atom is -0.493 e. The molecule has 1 fully saturated rings. The molecule has 1 aromatic rings. The van der Waals surface area contributed by atoms with Crippen LogP contribution < -0.4 is 10.1 Å². The van der Waals surface area contributed by atoms with Crippen LogP contribution in [0.25, 0.3) is 5.70 Å². The molecule has 0 saturated carbocycles. The maximum Gasteiger partial charge on any atom is 0.419 e. The number of ether oxygens (including phenoxy) is 3. The van der Waals surface area contributed by atoms with Crippen molar-refractivity contribution in [1.82, 2.24) is 5.32 Å². The number of alkyl halides is 3. The Labute approximate surface area is 193 Å². The second kappa shape index (κ2) is 12.6. The summed E-state index contributed by atoms with van der Waals surface area (Å²) in [4.78, 5) is 15.4. The van der Waals surface area contributed by atoms with Crippen molar-refractivity contribution in [2.24, 2.45) is 4.99 Å². The molecule has 184 valence electrons. The summed E-state index contributed by atoms with van der Waals surface area (Å²) in [6, 6.07) is 3.97. The molecule has 1 saturated heterocycles. The largest absolute Gasteiger partial charge is 0.493 e. The molecule has 9 heteroatoms. The van der Waals surface area contributed by atoms with Gasteiger partial charge in [0.25, 0.3) is 0 Å². The molecule has 1 unspecified atom stereocenters. The van der Waals surface area contributed by atoms with Crippen molar-refractivity contribution in [1.29, 1.82) is 0 Å². The van der Waals surface area contributed by atoms with Crippen LogP contribution >= 0.6 is 0 Å². The van der Waals surface area contributed by atoms with Gasteiger partial charge < -0.3 is 19.5 Å². The van der Waals surface area contributed by atoms with Gasteiger partial charge in [0.1, 0.15) is 5.75 Å². The normalized spacial score (nSPS) is 17.5. The van der Waals surface area contributed by atoms with Crippen molar-refractivity contribution in [3.05, 3.63) is 34.9 Å². The number of aliphatic imine (C=N–C) groups is 1. The fraction of sp³-hybridized carbons (Fsp3) is 0.583. The number of halogens is 3. The highest BCUT2D eigenvalue weighted by Crippen LogP contribution is 2.39. The minimum absolute atomic E-state index is 0.0497. The fourth-order valence-corrected chi connectivity index (χ4v) is 3.47. The van der Waals surface area contributed by atoms with Gasteiger partial charge >= 0.3 is 12.1 Å². The number of esters is 1. The van der Waals surface area contributed by atoms with E-state index in [-0.39, 0.29) is 31.0 Å². The van der Waals surface area contributed by atoms with Crippen molar-refractivity contribution < 1.29 is 32.2 Å². The molecule has 1 N–H and O–H groups in total. The zero-order valence-electron chi connectivity index (χ0n) is 19.7. The maximum absolute atomic E-state index is 13.8. The number of carbonyl (C=O) groups excluding carboxylic acids is 1. The average molecular weight is 471 g/mol. The van der Waals surface area contributed by atoms with E-state index in [0.29, 0.717) is 36.4 Å². The van der Waals surface area contributed by atoms with Crippen LogP contribution in [0.4, 0.5) is 13.2 Å². The summed E-state index contributed by atoms with van der Waals surface area (Å²) < 4.78 is 57.3. The molecule has 0 amide bonds. The third-order valence-electron chi connectivity index (χ3n) is 5.38. The lowest BCUT2D eigenvalue weighted by molar-refractivity contribution is -0.141. The van der Waals surface area contributed by atoms with E-state index in [0.717, 1.165) is 31.0 Å². The van der Waals surface area contributed by atoms with E-state index < -0.39 is 11.7 Å². The first-order chi connectivity index (χ1) is 15.7. The first-order valence-electron chi connectivity index (χ1n) is 11.2. The summed E-state index contributed by atoms with van der Waals surface area (Å²) >= 11 is 0. The fourth-order valence-electron chi connectivity index (χ4n) is 3.47. The van der Waals surface area contributed by atoms with Crippen LogP contribution in [0.2, 0.25) is 0 Å². The van der Waals surface area contributed by atoms with Gasteiger partial charge in [-0.3, -0.25) is 4.79 Å². The number of benzene rings is 1. The summed E-state index contributed by atoms with van der Waals surface area (Å²) in [5.74, 6) is -0.155. The third kappa shape index (κ3) is 8.07. The number of allylic oxidation sites excluding steroid dienone is 1. The molecule has 0 aliphatic carbocycles. The van der Waals surface area contributed by atoms with Crippen LogP contribution in [0.15, 0.2) is 28.8 Å². The summed E-state index contributed by atoms with van der Waals surface area (Å²) in [5, 5.41) is 3.30. The first kappa shape index (κ1) is 26.7. The first-order valence-corrected chi connectivity index (χ1v) is 11.2. The molecule has 6 nitrogen and oxygen atoms in total. The van der Waals surface area contributed by atoms with Crippen LogP contribution in [0.5, 0.6) is 5.75 Å². The lowest BCUT2D eigenvalue weighted by atomic mass is 10.0. The van der Waals surface area contributed by atoms with E-state index in [1.807, 2.05) is 13.8 Å². The minimum atomic E-state index is -4.59. The van der Waals surface area contributed by atoms with Gasteiger partial charge in [0, 0.05) is 12.5 Å². The summed E-state index contributed by atoms with van der Waals surface area (Å²) in [5.41, 5.74) is 0.835. The standard InChI is InChI=1S/C24H33F3N2O4/c1-5-16(2)22(29-23(31-4)20-9-8-12-28-20)18-10-11-21(19(15-18)24(25,26)27)33-14-7-6-13-32-17(3)30/h10-11,15,20,28H,5-9,12-14H2,1-4H3. The second-order valence-electron chi connectivity index (χ2n) is 7.89. The van der Waals surface area contributed by atoms with Crippen molar-refractivity contribution >= 4 is 17.6 Å². The predicted octanol–water partition coefficient (Wildman–Crippen LogP) is 5.37. The van der Waals surface area contributed by atoms with Gasteiger partial charge in [-0.15, -0.1) is 0 Å². The number of carbonyl (C=O) groups is 1. The molecule has 0 bridgehead atoms. The summed E-state index contributed by atoms with van der Waals surface area (Å²) in [7, 11) is 1.53. The Kier molecular flexibility index (Phi) is 10.2. The zero-order chi connectivity index (χ0) is 24.4. The molecule has 1 aromatic carbocycles. The molecular formula is C24H33F3N2O4. The lowest BCUT2D eigenvalue weighted by Crippen LogP contribution is -2.32. The molecule has 1 aliphatic rings. The second-order valence-corrected chi connectivity index (χ2v) is 7.89. The number of rotatable bonds is 10. The van der Waals surface area contributed by atoms with E-state index >= 15 is 0 Å². The van der Waals surface area contributed by atoms with Crippen LogP contribution in [0.3, 0.4) is 0 Å². The molecule has 1 heterocycles. The Bertz CT molecular complexity index is 860. The Hall–Kier alpha value is -2.55. The van der Waals surface area contributed by atoms with Gasteiger partial charge in [-0.25, -0.2) is 4.99 Å². The third-order valence-corrected chi connectivity index (χ3v) is 5.38. The Morgan fingerprint density at radius 1 is 1.21 bits per heavy atom. The SMILES string of the molecule is CCC(C)=C(N=C(OC)C1CCCN1)c1ccc(OCCCCOC(C)=O)c(C(F)(F)F)c1. The van der Waals surface area contributed by atoms with Crippen molar-refractivity contribution in [2.75, 3.05) is 26.9 Å². The maximum atomic E-state index is 13.8. The van der Waals surface area contributed by atoms with Gasteiger partial charge in [-0.05, 0) is 69.3 Å². The predicted molar refractivity (Wildman–Crippen MR) is 121 cm³/mol. The monoisotopic (exact) mass is 470 g/mol. The van der Waals surface area contributed by atoms with Crippen LogP contribution in [0, 0.1) is 0 Å². The highest BCUT2D eigenvalue weighted by Gasteiger charge is 2.35. The molecule has 0 aromatic heterocycles. The quantitative estimate of drug-likeness (QED) is 0.216. The summed E-state index contributed by atoms with van der Waals surface area (Å²) in [6.07, 6.45) is -1.13. The smallest absolute Gasteiger partial charge is 0.419 e. The Morgan fingerprint density at radius 2 is 1.94 bits per heavy atom. The Balaban J connectivity index is 2.29. The van der Waals surface area contributed by atoms with Gasteiger partial charge in [0.15, 0.2) is 0 Å². The highest BCUT2D eigenvalue weighted by atomic mass is 19.4. The van der Waals surface area contributed by atoms with Crippen molar-refractivity contribution in [2.45, 2.75) is 65.1 Å². The van der Waals surface area contributed by atoms with Crippen LogP contribution in [-0.4, -0.2) is 44.8 Å². The lowest BCUT2D eigenvalue weighted by Gasteiger charge is -2.18. The molecule has 33 heavy (non-hydrogen) atoms. The van der Waals surface area contributed by atoms with Crippen molar-refractivity contribution in [3.63, 3.8) is 0 Å². The van der Waals surface area contributed by atoms with E-state index in [1.54, 1.807) is 6.07 Å². The number of hydrogen-bond donors (Lipinski definition) is 1. The highest BCUT2D eigenvalue weighted by molar-refractivity contribution is 5.88. The number of nitrogens with one attached hydrogen (secondary N) is 1. The summed E-state index contributed by atoms with van der Waals surface area (Å²) in [6.45, 7) is 6.24. The molecule has 0 radical (unpaired) electrons. The van der Waals surface area contributed by atoms with Gasteiger partial charge in [0.05, 0.1) is 37.6 Å². The number of methoxy groups -OCH3 is 1.